The minimum atomic E-state index is -4.02. The summed E-state index contributed by atoms with van der Waals surface area (Å²) in [5.41, 5.74) is 2.01. The normalized spacial score (nSPS) is 16.0. The SMILES string of the molecule is CCc1ccccc1NC(=O)CN(C1=CC=C(OC)CC1OC)S(=O)(=O)c1ccccc1. The van der Waals surface area contributed by atoms with Gasteiger partial charge in [-0.05, 0) is 42.3 Å². The van der Waals surface area contributed by atoms with E-state index in [4.69, 9.17) is 9.47 Å². The average molecular weight is 457 g/mol. The van der Waals surface area contributed by atoms with E-state index in [1.54, 1.807) is 43.5 Å². The van der Waals surface area contributed by atoms with Gasteiger partial charge in [0.2, 0.25) is 5.91 Å². The van der Waals surface area contributed by atoms with Crippen LogP contribution in [0.3, 0.4) is 0 Å². The quantitative estimate of drug-likeness (QED) is 0.622. The van der Waals surface area contributed by atoms with Crippen molar-refractivity contribution in [1.82, 2.24) is 4.31 Å². The van der Waals surface area contributed by atoms with Crippen LogP contribution >= 0.6 is 0 Å². The van der Waals surface area contributed by atoms with Gasteiger partial charge in [0.15, 0.2) is 0 Å². The summed E-state index contributed by atoms with van der Waals surface area (Å²) in [5, 5.41) is 2.85. The second-order valence-electron chi connectivity index (χ2n) is 7.24. The molecule has 0 heterocycles. The number of hydrogen-bond donors (Lipinski definition) is 1. The van der Waals surface area contributed by atoms with Gasteiger partial charge in [0.05, 0.1) is 23.5 Å². The Hall–Kier alpha value is -3.10. The predicted octanol–water partition coefficient (Wildman–Crippen LogP) is 3.71. The van der Waals surface area contributed by atoms with Crippen molar-refractivity contribution in [2.24, 2.45) is 0 Å². The van der Waals surface area contributed by atoms with Crippen LogP contribution in [0, 0.1) is 0 Å². The van der Waals surface area contributed by atoms with Gasteiger partial charge in [0.1, 0.15) is 12.6 Å². The molecule has 0 bridgehead atoms. The number of rotatable bonds is 9. The molecule has 7 nitrogen and oxygen atoms in total. The summed E-state index contributed by atoms with van der Waals surface area (Å²) >= 11 is 0. The molecule has 1 N–H and O–H groups in total. The lowest BCUT2D eigenvalue weighted by Crippen LogP contribution is -2.42. The Balaban J connectivity index is 1.98. The van der Waals surface area contributed by atoms with Gasteiger partial charge in [-0.1, -0.05) is 43.3 Å². The maximum atomic E-state index is 13.6. The zero-order valence-corrected chi connectivity index (χ0v) is 19.3. The first-order valence-electron chi connectivity index (χ1n) is 10.3. The molecule has 0 fully saturated rings. The van der Waals surface area contributed by atoms with Crippen molar-refractivity contribution < 1.29 is 22.7 Å². The van der Waals surface area contributed by atoms with Crippen LogP contribution in [0.15, 0.2) is 83.1 Å². The van der Waals surface area contributed by atoms with Crippen molar-refractivity contribution in [2.45, 2.75) is 30.8 Å². The summed E-state index contributed by atoms with van der Waals surface area (Å²) in [6.07, 6.45) is 3.85. The third-order valence-corrected chi connectivity index (χ3v) is 7.07. The molecule has 3 rings (SSSR count). The van der Waals surface area contributed by atoms with E-state index >= 15 is 0 Å². The Morgan fingerprint density at radius 1 is 1.06 bits per heavy atom. The van der Waals surface area contributed by atoms with Crippen molar-refractivity contribution in [3.8, 4) is 0 Å². The molecular formula is C24H28N2O5S. The van der Waals surface area contributed by atoms with Gasteiger partial charge in [-0.15, -0.1) is 0 Å². The number of nitrogens with zero attached hydrogens (tertiary/aromatic N) is 1. The van der Waals surface area contributed by atoms with Crippen LogP contribution in [0.5, 0.6) is 0 Å². The van der Waals surface area contributed by atoms with Crippen LogP contribution in [0.25, 0.3) is 0 Å². The van der Waals surface area contributed by atoms with Crippen LogP contribution in [-0.4, -0.2) is 45.5 Å². The summed E-state index contributed by atoms with van der Waals surface area (Å²) in [6.45, 7) is 1.60. The number of aryl methyl sites for hydroxylation is 1. The maximum Gasteiger partial charge on any atom is 0.264 e. The largest absolute Gasteiger partial charge is 0.501 e. The Morgan fingerprint density at radius 3 is 2.41 bits per heavy atom. The van der Waals surface area contributed by atoms with E-state index in [-0.39, 0.29) is 4.90 Å². The molecule has 1 amide bonds. The van der Waals surface area contributed by atoms with Gasteiger partial charge in [-0.25, -0.2) is 8.42 Å². The third kappa shape index (κ3) is 5.20. The highest BCUT2D eigenvalue weighted by Crippen LogP contribution is 2.29. The topological polar surface area (TPSA) is 84.9 Å². The zero-order valence-electron chi connectivity index (χ0n) is 18.4. The van der Waals surface area contributed by atoms with E-state index in [1.165, 1.54) is 19.2 Å². The number of benzene rings is 2. The molecule has 0 saturated carbocycles. The number of carbonyl (C=O) groups excluding carboxylic acids is 1. The van der Waals surface area contributed by atoms with E-state index in [0.29, 0.717) is 23.6 Å². The third-order valence-electron chi connectivity index (χ3n) is 5.28. The number of carbonyl (C=O) groups is 1. The van der Waals surface area contributed by atoms with E-state index < -0.39 is 28.6 Å². The number of allylic oxidation sites excluding steroid dienone is 2. The highest BCUT2D eigenvalue weighted by molar-refractivity contribution is 7.89. The van der Waals surface area contributed by atoms with Crippen LogP contribution in [0.1, 0.15) is 18.9 Å². The highest BCUT2D eigenvalue weighted by atomic mass is 32.2. The fourth-order valence-corrected chi connectivity index (χ4v) is 5.04. The molecule has 0 saturated heterocycles. The van der Waals surface area contributed by atoms with Gasteiger partial charge in [-0.2, -0.15) is 0 Å². The molecule has 0 aromatic heterocycles. The lowest BCUT2D eigenvalue weighted by atomic mass is 10.1. The van der Waals surface area contributed by atoms with Gasteiger partial charge in [-0.3, -0.25) is 9.10 Å². The maximum absolute atomic E-state index is 13.6. The molecule has 2 aromatic rings. The highest BCUT2D eigenvalue weighted by Gasteiger charge is 2.34. The average Bonchev–Trinajstić information content (AvgIpc) is 2.83. The number of anilines is 1. The Morgan fingerprint density at radius 2 is 1.75 bits per heavy atom. The molecule has 1 atom stereocenters. The number of amides is 1. The minimum absolute atomic E-state index is 0.0963. The Kier molecular flexibility index (Phi) is 7.71. The summed E-state index contributed by atoms with van der Waals surface area (Å²) in [4.78, 5) is 13.1. The van der Waals surface area contributed by atoms with Crippen molar-refractivity contribution in [1.29, 1.82) is 0 Å². The number of para-hydroxylation sites is 1. The molecule has 8 heteroatoms. The molecule has 32 heavy (non-hydrogen) atoms. The summed E-state index contributed by atoms with van der Waals surface area (Å²) < 4.78 is 39.1. The first-order chi connectivity index (χ1) is 15.4. The standard InChI is InChI=1S/C24H28N2O5S/c1-4-18-10-8-9-13-21(18)25-24(27)17-26(32(28,29)20-11-6-5-7-12-20)22-15-14-19(30-2)16-23(22)31-3/h5-15,23H,4,16-17H2,1-3H3,(H,25,27). The van der Waals surface area contributed by atoms with Crippen molar-refractivity contribution in [2.75, 3.05) is 26.1 Å². The van der Waals surface area contributed by atoms with E-state index in [0.717, 1.165) is 16.3 Å². The first-order valence-corrected chi connectivity index (χ1v) is 11.8. The van der Waals surface area contributed by atoms with E-state index in [1.807, 2.05) is 25.1 Å². The smallest absolute Gasteiger partial charge is 0.264 e. The minimum Gasteiger partial charge on any atom is -0.501 e. The first kappa shape index (κ1) is 23.6. The number of ether oxygens (including phenoxy) is 2. The van der Waals surface area contributed by atoms with Gasteiger partial charge < -0.3 is 14.8 Å². The number of methoxy groups -OCH3 is 2. The second kappa shape index (κ2) is 10.5. The molecule has 0 aliphatic heterocycles. The second-order valence-corrected chi connectivity index (χ2v) is 9.10. The predicted molar refractivity (Wildman–Crippen MR) is 123 cm³/mol. The van der Waals surface area contributed by atoms with Gasteiger partial charge in [0.25, 0.3) is 10.0 Å². The molecule has 1 unspecified atom stereocenters. The molecular weight excluding hydrogens is 428 g/mol. The zero-order chi connectivity index (χ0) is 23.1. The van der Waals surface area contributed by atoms with E-state index in [9.17, 15) is 13.2 Å². The van der Waals surface area contributed by atoms with Crippen molar-refractivity contribution in [3.63, 3.8) is 0 Å². The lowest BCUT2D eigenvalue weighted by molar-refractivity contribution is -0.116. The Bertz CT molecular complexity index is 1110. The molecule has 1 aliphatic rings. The van der Waals surface area contributed by atoms with Gasteiger partial charge in [0, 0.05) is 19.2 Å². The monoisotopic (exact) mass is 456 g/mol. The Labute approximate surface area is 189 Å². The summed E-state index contributed by atoms with van der Waals surface area (Å²) in [6, 6.07) is 15.5. The fourth-order valence-electron chi connectivity index (χ4n) is 3.55. The number of hydrogen-bond acceptors (Lipinski definition) is 5. The number of sulfonamides is 1. The van der Waals surface area contributed by atoms with Crippen LogP contribution in [-0.2, 0) is 30.7 Å². The molecule has 0 radical (unpaired) electrons. The molecule has 170 valence electrons. The number of nitrogens with one attached hydrogen (secondary N) is 1. The molecule has 0 spiro atoms. The van der Waals surface area contributed by atoms with Gasteiger partial charge >= 0.3 is 0 Å². The summed E-state index contributed by atoms with van der Waals surface area (Å²) in [7, 11) is -0.965. The molecule has 2 aromatic carbocycles. The van der Waals surface area contributed by atoms with Crippen LogP contribution in [0.4, 0.5) is 5.69 Å². The molecule has 1 aliphatic carbocycles. The lowest BCUT2D eigenvalue weighted by Gasteiger charge is -2.32. The van der Waals surface area contributed by atoms with Crippen LogP contribution in [0.2, 0.25) is 0 Å². The van der Waals surface area contributed by atoms with Crippen LogP contribution < -0.4 is 5.32 Å². The van der Waals surface area contributed by atoms with E-state index in [2.05, 4.69) is 5.32 Å². The summed E-state index contributed by atoms with van der Waals surface area (Å²) in [5.74, 6) is 0.224. The van der Waals surface area contributed by atoms with Crippen molar-refractivity contribution >= 4 is 21.6 Å². The fraction of sp³-hybridized carbons (Fsp3) is 0.292. The van der Waals surface area contributed by atoms with Crippen molar-refractivity contribution in [3.05, 3.63) is 83.8 Å².